The van der Waals surface area contributed by atoms with Gasteiger partial charge >= 0.3 is 0 Å². The summed E-state index contributed by atoms with van der Waals surface area (Å²) in [7, 11) is -5.28. The minimum atomic E-state index is -4.15. The average molecular weight is 584 g/mol. The lowest BCUT2D eigenvalue weighted by Crippen LogP contribution is -2.76. The Kier molecular flexibility index (Phi) is 7.64. The van der Waals surface area contributed by atoms with Gasteiger partial charge in [0.15, 0.2) is 25.5 Å². The summed E-state index contributed by atoms with van der Waals surface area (Å²) in [5.41, 5.74) is 0.823. The molecule has 1 aliphatic carbocycles. The molecule has 0 N–H and O–H groups in total. The van der Waals surface area contributed by atoms with Crippen LogP contribution in [-0.4, -0.2) is 64.2 Å². The van der Waals surface area contributed by atoms with E-state index in [0.717, 1.165) is 5.56 Å². The number of nitrogens with zero attached hydrogens (tertiary/aromatic N) is 1. The van der Waals surface area contributed by atoms with Gasteiger partial charge in [-0.1, -0.05) is 66.7 Å². The molecular formula is C30H33NO7S2. The standard InChI is InChI=1S/C30H33NO7S2/c1-21(39(33,34)23-15-9-5-10-16-23)26-27(40(35,36)24-17-11-6-12-18-24)25-19-30(37-2,38-3)28(26)31(29(25)32)20-22-13-7-4-8-14-22/h4-18,21,25-28H,19-20H2,1-3H3/t21?,25-,26-,27+,28-/m1/s1. The first-order valence-electron chi connectivity index (χ1n) is 13.1. The van der Waals surface area contributed by atoms with E-state index in [1.165, 1.54) is 45.4 Å². The van der Waals surface area contributed by atoms with E-state index in [1.807, 2.05) is 30.3 Å². The fourth-order valence-corrected chi connectivity index (χ4v) is 10.6. The van der Waals surface area contributed by atoms with Crippen LogP contribution in [-0.2, 0) is 40.5 Å². The summed E-state index contributed by atoms with van der Waals surface area (Å²) in [6.45, 7) is 1.69. The second-order valence-electron chi connectivity index (χ2n) is 10.4. The summed E-state index contributed by atoms with van der Waals surface area (Å²) in [4.78, 5) is 15.8. The van der Waals surface area contributed by atoms with E-state index in [0.29, 0.717) is 0 Å². The molecule has 3 aliphatic rings. The summed E-state index contributed by atoms with van der Waals surface area (Å²) in [6.07, 6.45) is -0.0138. The summed E-state index contributed by atoms with van der Waals surface area (Å²) in [5.74, 6) is -3.90. The molecule has 2 saturated heterocycles. The highest BCUT2D eigenvalue weighted by Gasteiger charge is 2.69. The quantitative estimate of drug-likeness (QED) is 0.354. The Morgan fingerprint density at radius 1 is 0.825 bits per heavy atom. The van der Waals surface area contributed by atoms with E-state index >= 15 is 0 Å². The summed E-state index contributed by atoms with van der Waals surface area (Å²) in [5, 5.41) is -2.49. The van der Waals surface area contributed by atoms with E-state index in [9.17, 15) is 21.6 Å². The van der Waals surface area contributed by atoms with Crippen LogP contribution in [0.1, 0.15) is 18.9 Å². The van der Waals surface area contributed by atoms with Gasteiger partial charge in [-0.15, -0.1) is 0 Å². The first-order valence-corrected chi connectivity index (χ1v) is 16.2. The lowest BCUT2D eigenvalue weighted by atomic mass is 9.66. The van der Waals surface area contributed by atoms with Crippen LogP contribution in [0.3, 0.4) is 0 Å². The number of rotatable bonds is 9. The number of amides is 1. The van der Waals surface area contributed by atoms with Gasteiger partial charge in [0.05, 0.1) is 32.3 Å². The monoisotopic (exact) mass is 583 g/mol. The molecule has 2 bridgehead atoms. The topological polar surface area (TPSA) is 107 Å². The molecule has 0 radical (unpaired) electrons. The molecule has 3 fully saturated rings. The zero-order valence-electron chi connectivity index (χ0n) is 22.6. The van der Waals surface area contributed by atoms with Crippen molar-refractivity contribution in [3.05, 3.63) is 96.6 Å². The van der Waals surface area contributed by atoms with Crippen LogP contribution in [0.5, 0.6) is 0 Å². The number of hydrogen-bond acceptors (Lipinski definition) is 7. The predicted octanol–water partition coefficient (Wildman–Crippen LogP) is 3.73. The first-order chi connectivity index (χ1) is 19.1. The van der Waals surface area contributed by atoms with E-state index in [4.69, 9.17) is 9.47 Å². The van der Waals surface area contributed by atoms with Crippen LogP contribution in [0.2, 0.25) is 0 Å². The van der Waals surface area contributed by atoms with Crippen LogP contribution in [0.25, 0.3) is 0 Å². The van der Waals surface area contributed by atoms with Gasteiger partial charge in [-0.2, -0.15) is 0 Å². The van der Waals surface area contributed by atoms with Crippen molar-refractivity contribution in [2.75, 3.05) is 14.2 Å². The fourth-order valence-electron chi connectivity index (χ4n) is 6.50. The molecule has 6 rings (SSSR count). The third kappa shape index (κ3) is 4.56. The summed E-state index contributed by atoms with van der Waals surface area (Å²) in [6, 6.07) is 24.2. The van der Waals surface area contributed by atoms with Crippen molar-refractivity contribution >= 4 is 25.6 Å². The van der Waals surface area contributed by atoms with Gasteiger partial charge in [-0.25, -0.2) is 16.8 Å². The number of piperidine rings is 2. The Balaban J connectivity index is 1.73. The fraction of sp³-hybridized carbons (Fsp3) is 0.367. The third-order valence-corrected chi connectivity index (χ3v) is 13.0. The van der Waals surface area contributed by atoms with E-state index in [2.05, 4.69) is 0 Å². The normalized spacial score (nSPS) is 25.1. The first kappa shape index (κ1) is 28.5. The van der Waals surface area contributed by atoms with Crippen molar-refractivity contribution < 1.29 is 31.1 Å². The molecule has 212 valence electrons. The molecule has 0 aromatic heterocycles. The highest BCUT2D eigenvalue weighted by Crippen LogP contribution is 2.53. The average Bonchev–Trinajstić information content (AvgIpc) is 2.99. The zero-order chi connectivity index (χ0) is 28.7. The lowest BCUT2D eigenvalue weighted by molar-refractivity contribution is -0.289. The SMILES string of the molecule is COC1(OC)C[C@H]2C(=O)N(Cc3ccccc3)[C@@H]1[C@H](C(C)S(=O)(=O)c1ccccc1)[C@H]2S(=O)(=O)c1ccccc1. The molecule has 3 aromatic carbocycles. The summed E-state index contributed by atoms with van der Waals surface area (Å²) >= 11 is 0. The van der Waals surface area contributed by atoms with Gasteiger partial charge in [0.2, 0.25) is 5.91 Å². The Labute approximate surface area is 235 Å². The van der Waals surface area contributed by atoms with E-state index in [-0.39, 0.29) is 28.7 Å². The number of benzene rings is 3. The molecular weight excluding hydrogens is 550 g/mol. The number of sulfone groups is 2. The highest BCUT2D eigenvalue weighted by molar-refractivity contribution is 7.93. The minimum absolute atomic E-state index is 0.0138. The van der Waals surface area contributed by atoms with Gasteiger partial charge in [0.1, 0.15) is 0 Å². The van der Waals surface area contributed by atoms with Crippen molar-refractivity contribution in [2.45, 2.75) is 52.0 Å². The number of hydrogen-bond donors (Lipinski definition) is 0. The Hall–Kier alpha value is -3.05. The van der Waals surface area contributed by atoms with Gasteiger partial charge in [0, 0.05) is 33.1 Å². The van der Waals surface area contributed by atoms with Crippen LogP contribution >= 0.6 is 0 Å². The predicted molar refractivity (Wildman–Crippen MR) is 150 cm³/mol. The molecule has 40 heavy (non-hydrogen) atoms. The second kappa shape index (κ2) is 10.7. The van der Waals surface area contributed by atoms with E-state index in [1.54, 1.807) is 41.3 Å². The molecule has 8 nitrogen and oxygen atoms in total. The zero-order valence-corrected chi connectivity index (χ0v) is 24.2. The molecule has 3 aromatic rings. The summed E-state index contributed by atoms with van der Waals surface area (Å²) < 4.78 is 68.6. The van der Waals surface area contributed by atoms with Crippen molar-refractivity contribution in [3.63, 3.8) is 0 Å². The van der Waals surface area contributed by atoms with Crippen LogP contribution < -0.4 is 0 Å². The maximum atomic E-state index is 14.3. The largest absolute Gasteiger partial charge is 0.351 e. The van der Waals surface area contributed by atoms with Gasteiger partial charge in [0.25, 0.3) is 0 Å². The lowest BCUT2D eigenvalue weighted by Gasteiger charge is -2.61. The minimum Gasteiger partial charge on any atom is -0.351 e. The Morgan fingerprint density at radius 2 is 1.32 bits per heavy atom. The number of carbonyl (C=O) groups is 1. The Morgan fingerprint density at radius 3 is 1.85 bits per heavy atom. The van der Waals surface area contributed by atoms with Crippen molar-refractivity contribution in [3.8, 4) is 0 Å². The van der Waals surface area contributed by atoms with Crippen LogP contribution in [0.4, 0.5) is 0 Å². The second-order valence-corrected chi connectivity index (χ2v) is 14.8. The molecule has 2 aliphatic heterocycles. The number of carbonyl (C=O) groups excluding carboxylic acids is 1. The number of fused-ring (bicyclic) bond motifs is 3. The van der Waals surface area contributed by atoms with Crippen molar-refractivity contribution in [1.29, 1.82) is 0 Å². The van der Waals surface area contributed by atoms with Crippen molar-refractivity contribution in [2.24, 2.45) is 11.8 Å². The molecule has 1 saturated carbocycles. The van der Waals surface area contributed by atoms with Gasteiger partial charge in [-0.3, -0.25) is 4.79 Å². The molecule has 1 amide bonds. The van der Waals surface area contributed by atoms with E-state index < -0.39 is 53.8 Å². The maximum Gasteiger partial charge on any atom is 0.227 e. The Bertz CT molecular complexity index is 1560. The maximum absolute atomic E-state index is 14.3. The van der Waals surface area contributed by atoms with Gasteiger partial charge < -0.3 is 14.4 Å². The number of ether oxygens (including phenoxy) is 2. The van der Waals surface area contributed by atoms with Gasteiger partial charge in [-0.05, 0) is 36.8 Å². The molecule has 2 heterocycles. The van der Waals surface area contributed by atoms with Crippen LogP contribution in [0, 0.1) is 11.8 Å². The molecule has 0 spiro atoms. The highest BCUT2D eigenvalue weighted by atomic mass is 32.2. The molecule has 5 atom stereocenters. The number of methoxy groups -OCH3 is 2. The molecule has 10 heteroatoms. The van der Waals surface area contributed by atoms with Crippen LogP contribution in [0.15, 0.2) is 101 Å². The molecule has 1 unspecified atom stereocenters. The van der Waals surface area contributed by atoms with Crippen molar-refractivity contribution in [1.82, 2.24) is 4.90 Å². The third-order valence-electron chi connectivity index (χ3n) is 8.45. The smallest absolute Gasteiger partial charge is 0.227 e.